The van der Waals surface area contributed by atoms with E-state index in [2.05, 4.69) is 5.32 Å². The van der Waals surface area contributed by atoms with Crippen LogP contribution in [0.25, 0.3) is 0 Å². The fourth-order valence-electron chi connectivity index (χ4n) is 3.93. The summed E-state index contributed by atoms with van der Waals surface area (Å²) in [6.45, 7) is 7.26. The molecule has 0 fully saturated rings. The minimum atomic E-state index is -0.709. The highest BCUT2D eigenvalue weighted by atomic mass is 16.6. The zero-order valence-corrected chi connectivity index (χ0v) is 22.3. The van der Waals surface area contributed by atoms with Crippen molar-refractivity contribution in [1.29, 1.82) is 0 Å². The number of benzene rings is 1. The lowest BCUT2D eigenvalue weighted by Gasteiger charge is -2.26. The quantitative estimate of drug-likeness (QED) is 0.402. The van der Waals surface area contributed by atoms with E-state index in [1.807, 2.05) is 30.3 Å². The van der Waals surface area contributed by atoms with Crippen LogP contribution in [0, 0.1) is 11.8 Å². The number of amides is 2. The normalized spacial score (nSPS) is 22.0. The number of aliphatic hydroxyl groups is 1. The predicted molar refractivity (Wildman–Crippen MR) is 138 cm³/mol. The number of carbonyl (C=O) groups excluding carboxylic acids is 4. The number of hydrogen-bond donors (Lipinski definition) is 2. The Hall–Kier alpha value is -3.20. The van der Waals surface area contributed by atoms with Gasteiger partial charge in [-0.3, -0.25) is 19.2 Å². The lowest BCUT2D eigenvalue weighted by Crippen LogP contribution is -2.43. The molecule has 1 aromatic carbocycles. The largest absolute Gasteiger partial charge is 0.463 e. The molecule has 2 amide bonds. The maximum atomic E-state index is 13.1. The maximum absolute atomic E-state index is 13.1. The standard InChI is InChI=1S/C28H40N2O7/c1-20-19-36-27(35)23(17-25(33)37-28(2,3)4)13-9-8-12-22(26(34)29-20)16-24(32)30(14-15-31)18-21-10-6-5-7-11-21/h5-11,20,22-23,31H,12-19H2,1-4H3,(H,29,34)/b9-8-/t20-,22+,23-/m0/s1. The lowest BCUT2D eigenvalue weighted by atomic mass is 9.96. The van der Waals surface area contributed by atoms with Crippen LogP contribution in [0.15, 0.2) is 42.5 Å². The van der Waals surface area contributed by atoms with Gasteiger partial charge in [0.25, 0.3) is 0 Å². The number of ether oxygens (including phenoxy) is 2. The van der Waals surface area contributed by atoms with E-state index in [9.17, 15) is 24.3 Å². The molecule has 0 aliphatic carbocycles. The third-order valence-corrected chi connectivity index (χ3v) is 5.77. The van der Waals surface area contributed by atoms with Crippen molar-refractivity contribution in [2.75, 3.05) is 19.8 Å². The smallest absolute Gasteiger partial charge is 0.309 e. The first-order valence-corrected chi connectivity index (χ1v) is 12.7. The van der Waals surface area contributed by atoms with Gasteiger partial charge in [0, 0.05) is 19.5 Å². The summed E-state index contributed by atoms with van der Waals surface area (Å²) in [4.78, 5) is 52.6. The third-order valence-electron chi connectivity index (χ3n) is 5.77. The number of nitrogens with one attached hydrogen (secondary N) is 1. The third kappa shape index (κ3) is 11.2. The van der Waals surface area contributed by atoms with Crippen LogP contribution < -0.4 is 5.32 Å². The average molecular weight is 517 g/mol. The van der Waals surface area contributed by atoms with Crippen LogP contribution in [0.1, 0.15) is 58.9 Å². The van der Waals surface area contributed by atoms with Crippen molar-refractivity contribution >= 4 is 23.8 Å². The van der Waals surface area contributed by atoms with Crippen LogP contribution in [-0.4, -0.2) is 65.2 Å². The molecular weight excluding hydrogens is 476 g/mol. The van der Waals surface area contributed by atoms with Gasteiger partial charge in [-0.05, 0) is 46.1 Å². The molecule has 0 unspecified atom stereocenters. The van der Waals surface area contributed by atoms with Gasteiger partial charge in [0.1, 0.15) is 12.2 Å². The van der Waals surface area contributed by atoms with Gasteiger partial charge in [0.2, 0.25) is 11.8 Å². The zero-order valence-electron chi connectivity index (χ0n) is 22.3. The summed E-state index contributed by atoms with van der Waals surface area (Å²) in [5, 5.41) is 12.3. The van der Waals surface area contributed by atoms with Gasteiger partial charge in [0.05, 0.1) is 30.9 Å². The van der Waals surface area contributed by atoms with E-state index in [0.717, 1.165) is 5.56 Å². The molecule has 0 saturated heterocycles. The van der Waals surface area contributed by atoms with Gasteiger partial charge >= 0.3 is 11.9 Å². The molecular formula is C28H40N2O7. The molecule has 1 heterocycles. The molecule has 37 heavy (non-hydrogen) atoms. The highest BCUT2D eigenvalue weighted by Gasteiger charge is 2.29. The second kappa shape index (κ2) is 14.5. The highest BCUT2D eigenvalue weighted by molar-refractivity contribution is 5.86. The molecule has 1 aliphatic rings. The second-order valence-corrected chi connectivity index (χ2v) is 10.4. The number of carbonyl (C=O) groups is 4. The molecule has 3 atom stereocenters. The number of allylic oxidation sites excluding steroid dienone is 2. The maximum Gasteiger partial charge on any atom is 0.309 e. The summed E-state index contributed by atoms with van der Waals surface area (Å²) in [6, 6.07) is 8.98. The highest BCUT2D eigenvalue weighted by Crippen LogP contribution is 2.20. The first kappa shape index (κ1) is 30.0. The zero-order chi connectivity index (χ0) is 27.4. The van der Waals surface area contributed by atoms with Crippen molar-refractivity contribution in [2.45, 2.75) is 71.6 Å². The topological polar surface area (TPSA) is 122 Å². The van der Waals surface area contributed by atoms with Crippen molar-refractivity contribution in [3.8, 4) is 0 Å². The Kier molecular flexibility index (Phi) is 11.8. The molecule has 0 radical (unpaired) electrons. The van der Waals surface area contributed by atoms with E-state index in [1.54, 1.807) is 44.7 Å². The monoisotopic (exact) mass is 516 g/mol. The molecule has 9 heteroatoms. The van der Waals surface area contributed by atoms with E-state index in [-0.39, 0.29) is 57.3 Å². The van der Waals surface area contributed by atoms with Crippen molar-refractivity contribution in [2.24, 2.45) is 11.8 Å². The molecule has 0 aromatic heterocycles. The van der Waals surface area contributed by atoms with E-state index >= 15 is 0 Å². The minimum Gasteiger partial charge on any atom is -0.463 e. The molecule has 0 saturated carbocycles. The molecule has 2 N–H and O–H groups in total. The summed E-state index contributed by atoms with van der Waals surface area (Å²) in [6.07, 6.45) is 3.89. The number of rotatable bonds is 8. The number of cyclic esters (lactones) is 1. The number of hydrogen-bond acceptors (Lipinski definition) is 7. The molecule has 0 bridgehead atoms. The van der Waals surface area contributed by atoms with Gasteiger partial charge in [0.15, 0.2) is 0 Å². The van der Waals surface area contributed by atoms with Crippen LogP contribution in [-0.2, 0) is 35.2 Å². The van der Waals surface area contributed by atoms with Crippen molar-refractivity contribution in [1.82, 2.24) is 10.2 Å². The Bertz CT molecular complexity index is 940. The van der Waals surface area contributed by atoms with Crippen LogP contribution in [0.5, 0.6) is 0 Å². The Morgan fingerprint density at radius 1 is 1.08 bits per heavy atom. The van der Waals surface area contributed by atoms with E-state index < -0.39 is 35.4 Å². The van der Waals surface area contributed by atoms with Crippen molar-refractivity contribution in [3.63, 3.8) is 0 Å². The lowest BCUT2D eigenvalue weighted by molar-refractivity contribution is -0.161. The van der Waals surface area contributed by atoms with Crippen LogP contribution >= 0.6 is 0 Å². The van der Waals surface area contributed by atoms with Crippen LogP contribution in [0.2, 0.25) is 0 Å². The van der Waals surface area contributed by atoms with E-state index in [1.165, 1.54) is 0 Å². The Morgan fingerprint density at radius 3 is 2.35 bits per heavy atom. The number of esters is 2. The molecule has 1 aromatic rings. The van der Waals surface area contributed by atoms with Gasteiger partial charge in [-0.1, -0.05) is 42.5 Å². The van der Waals surface area contributed by atoms with Crippen molar-refractivity contribution in [3.05, 3.63) is 48.0 Å². The average Bonchev–Trinajstić information content (AvgIpc) is 2.82. The molecule has 1 aliphatic heterocycles. The summed E-state index contributed by atoms with van der Waals surface area (Å²) in [5.74, 6) is -2.90. The fourth-order valence-corrected chi connectivity index (χ4v) is 3.93. The molecule has 204 valence electrons. The second-order valence-electron chi connectivity index (χ2n) is 10.4. The number of aliphatic hydroxyl groups excluding tert-OH is 1. The Labute approximate surface area is 219 Å². The first-order valence-electron chi connectivity index (χ1n) is 12.7. The Morgan fingerprint density at radius 2 is 1.73 bits per heavy atom. The van der Waals surface area contributed by atoms with Gasteiger partial charge in [-0.15, -0.1) is 0 Å². The van der Waals surface area contributed by atoms with Crippen LogP contribution in [0.3, 0.4) is 0 Å². The molecule has 0 spiro atoms. The number of nitrogens with zero attached hydrogens (tertiary/aromatic N) is 1. The fraction of sp³-hybridized carbons (Fsp3) is 0.571. The Balaban J connectivity index is 2.12. The SMILES string of the molecule is C[C@H]1COC(=O)[C@H](CC(=O)OC(C)(C)C)C/C=C\C[C@H](CC(=O)N(CCO)Cc2ccccc2)C(=O)N1. The van der Waals surface area contributed by atoms with Gasteiger partial charge in [-0.2, -0.15) is 0 Å². The molecule has 2 rings (SSSR count). The van der Waals surface area contributed by atoms with Crippen LogP contribution in [0.4, 0.5) is 0 Å². The summed E-state index contributed by atoms with van der Waals surface area (Å²) in [7, 11) is 0. The van der Waals surface area contributed by atoms with E-state index in [4.69, 9.17) is 9.47 Å². The minimum absolute atomic E-state index is 0.0309. The van der Waals surface area contributed by atoms with Crippen molar-refractivity contribution < 1.29 is 33.8 Å². The van der Waals surface area contributed by atoms with Gasteiger partial charge < -0.3 is 24.8 Å². The summed E-state index contributed by atoms with van der Waals surface area (Å²) in [5.41, 5.74) is 0.268. The predicted octanol–water partition coefficient (Wildman–Crippen LogP) is 2.76. The summed E-state index contributed by atoms with van der Waals surface area (Å²) < 4.78 is 10.7. The molecule has 9 nitrogen and oxygen atoms in total. The van der Waals surface area contributed by atoms with Gasteiger partial charge in [-0.25, -0.2) is 0 Å². The first-order chi connectivity index (χ1) is 17.5. The summed E-state index contributed by atoms with van der Waals surface area (Å²) >= 11 is 0. The van der Waals surface area contributed by atoms with E-state index in [0.29, 0.717) is 6.54 Å².